The molecule has 0 bridgehead atoms. The number of thiophene rings is 1. The van der Waals surface area contributed by atoms with Gasteiger partial charge in [0.15, 0.2) is 22.8 Å². The summed E-state index contributed by atoms with van der Waals surface area (Å²) >= 11 is 9.19. The Labute approximate surface area is 386 Å². The number of piperidine rings is 3. The molecule has 3 aliphatic heterocycles. The monoisotopic (exact) mass is 942 g/mol. The van der Waals surface area contributed by atoms with Gasteiger partial charge in [0.2, 0.25) is 17.7 Å². The number of aliphatic imine (C=N–C) groups is 1. The predicted molar refractivity (Wildman–Crippen MR) is 249 cm³/mol. The highest BCUT2D eigenvalue weighted by Crippen LogP contribution is 2.46. The van der Waals surface area contributed by atoms with Crippen molar-refractivity contribution in [1.82, 2.24) is 19.1 Å². The lowest BCUT2D eigenvalue weighted by Gasteiger charge is -2.42. The lowest BCUT2D eigenvalue weighted by molar-refractivity contribution is -0.139. The van der Waals surface area contributed by atoms with Crippen LogP contribution in [0, 0.1) is 0 Å². The van der Waals surface area contributed by atoms with Gasteiger partial charge in [0.25, 0.3) is 0 Å². The number of nitrogens with one attached hydrogen (secondary N) is 2. The number of aromatic nitrogens is 1. The van der Waals surface area contributed by atoms with Crippen molar-refractivity contribution in [2.45, 2.75) is 75.6 Å². The minimum absolute atomic E-state index is 0.0425. The smallest absolute Gasteiger partial charge is 0.420 e. The Balaban J connectivity index is 0.815. The number of oxazole rings is 1. The third kappa shape index (κ3) is 10.5. The van der Waals surface area contributed by atoms with Crippen molar-refractivity contribution in [3.63, 3.8) is 0 Å². The molecule has 0 aliphatic carbocycles. The van der Waals surface area contributed by atoms with E-state index in [1.165, 1.54) is 4.57 Å². The van der Waals surface area contributed by atoms with E-state index >= 15 is 0 Å². The summed E-state index contributed by atoms with van der Waals surface area (Å²) in [6.07, 6.45) is 3.53. The molecule has 0 radical (unpaired) electrons. The average Bonchev–Trinajstić information content (AvgIpc) is 3.77. The standard InChI is InChI=1S/C46H47ClN6O10S2/c1-46(2)22-32(48-31-8-4-6-29(20-31)41-39(47)40(62-24-38(56)57)42(65-41)44(59)60)15-18-52(46)64-25-26-5-3-7-30(19-26)49-37(55)23-51-16-13-27(14-17-51)28-9-10-33-35(21-28)63-45(61)53(33)34-11-12-36(54)50-43(34)58/h3-10,19-21,27,34H,11-18,22-25H2,1-2H3,(H,49,55)(H,56,57)(H,59,60)(H,50,54,58). The summed E-state index contributed by atoms with van der Waals surface area (Å²) in [6, 6.07) is 20.1. The number of nitrogens with zero attached hydrogens (tertiary/aromatic N) is 4. The first-order valence-electron chi connectivity index (χ1n) is 21.2. The number of imide groups is 1. The fourth-order valence-electron chi connectivity index (χ4n) is 8.68. The molecule has 19 heteroatoms. The number of benzene rings is 3. The molecule has 1 atom stereocenters. The van der Waals surface area contributed by atoms with Crippen LogP contribution in [-0.4, -0.2) is 97.7 Å². The van der Waals surface area contributed by atoms with E-state index in [-0.39, 0.29) is 58.3 Å². The van der Waals surface area contributed by atoms with Gasteiger partial charge in [-0.2, -0.15) is 0 Å². The number of amides is 3. The molecule has 0 saturated carbocycles. The molecule has 3 fully saturated rings. The number of carboxylic acid groups (broad SMARTS) is 2. The third-order valence-corrected chi connectivity index (χ3v) is 15.0. The second kappa shape index (κ2) is 19.4. The lowest BCUT2D eigenvalue weighted by atomic mass is 9.89. The van der Waals surface area contributed by atoms with Crippen LogP contribution in [0.2, 0.25) is 5.02 Å². The zero-order valence-electron chi connectivity index (χ0n) is 35.6. The molecule has 5 aromatic rings. The molecule has 65 heavy (non-hydrogen) atoms. The van der Waals surface area contributed by atoms with Crippen molar-refractivity contribution in [2.24, 2.45) is 4.99 Å². The van der Waals surface area contributed by atoms with Crippen molar-refractivity contribution < 1.29 is 43.3 Å². The maximum Gasteiger partial charge on any atom is 0.420 e. The van der Waals surface area contributed by atoms with Crippen molar-refractivity contribution in [2.75, 3.05) is 38.1 Å². The van der Waals surface area contributed by atoms with E-state index in [2.05, 4.69) is 39.8 Å². The predicted octanol–water partition coefficient (Wildman–Crippen LogP) is 7.73. The van der Waals surface area contributed by atoms with Gasteiger partial charge < -0.3 is 24.7 Å². The van der Waals surface area contributed by atoms with Gasteiger partial charge in [0.1, 0.15) is 11.1 Å². The largest absolute Gasteiger partial charge is 0.479 e. The number of carbonyl (C=O) groups is 5. The summed E-state index contributed by atoms with van der Waals surface area (Å²) in [5, 5.41) is 24.2. The summed E-state index contributed by atoms with van der Waals surface area (Å²) in [5.74, 6) is -3.30. The number of ether oxygens (including phenoxy) is 1. The molecule has 3 saturated heterocycles. The molecule has 0 spiro atoms. The zero-order valence-corrected chi connectivity index (χ0v) is 38.0. The lowest BCUT2D eigenvalue weighted by Crippen LogP contribution is -2.46. The van der Waals surface area contributed by atoms with Gasteiger partial charge >= 0.3 is 17.7 Å². The van der Waals surface area contributed by atoms with Crippen molar-refractivity contribution in [3.8, 4) is 16.2 Å². The highest BCUT2D eigenvalue weighted by atomic mass is 35.5. The maximum atomic E-state index is 13.2. The van der Waals surface area contributed by atoms with Crippen LogP contribution in [0.1, 0.15) is 85.1 Å². The van der Waals surface area contributed by atoms with E-state index in [1.807, 2.05) is 54.6 Å². The normalized spacial score (nSPS) is 19.1. The zero-order chi connectivity index (χ0) is 46.0. The van der Waals surface area contributed by atoms with Crippen molar-refractivity contribution in [1.29, 1.82) is 0 Å². The van der Waals surface area contributed by atoms with Gasteiger partial charge in [-0.3, -0.25) is 34.2 Å². The Hall–Kier alpha value is -5.79. The van der Waals surface area contributed by atoms with Gasteiger partial charge in [0, 0.05) is 42.1 Å². The van der Waals surface area contributed by atoms with Crippen LogP contribution in [0.5, 0.6) is 5.75 Å². The van der Waals surface area contributed by atoms with Crippen LogP contribution < -0.4 is 21.1 Å². The highest BCUT2D eigenvalue weighted by molar-refractivity contribution is 7.96. The number of likely N-dealkylation sites (tertiary alicyclic amines) is 1. The average molecular weight is 944 g/mol. The fourth-order valence-corrected chi connectivity index (χ4v) is 11.2. The number of hydrogen-bond acceptors (Lipinski definition) is 13. The van der Waals surface area contributed by atoms with E-state index in [0.29, 0.717) is 33.0 Å². The molecule has 8 rings (SSSR count). The first-order chi connectivity index (χ1) is 31.1. The van der Waals surface area contributed by atoms with E-state index in [4.69, 9.17) is 30.9 Å². The molecule has 3 amide bonds. The van der Waals surface area contributed by atoms with Gasteiger partial charge in [-0.05, 0) is 112 Å². The molecule has 340 valence electrons. The fraction of sp³-hybridized carbons (Fsp3) is 0.370. The molecule has 3 aromatic carbocycles. The second-order valence-electron chi connectivity index (χ2n) is 17.0. The molecule has 3 aliphatic rings. The van der Waals surface area contributed by atoms with Gasteiger partial charge in [-0.15, -0.1) is 11.3 Å². The molecule has 5 heterocycles. The Bertz CT molecular complexity index is 2770. The topological polar surface area (TPSA) is 213 Å². The first kappa shape index (κ1) is 45.8. The quantitative estimate of drug-likeness (QED) is 0.0621. The number of carbonyl (C=O) groups excluding carboxylic acids is 3. The minimum Gasteiger partial charge on any atom is -0.479 e. The van der Waals surface area contributed by atoms with E-state index < -0.39 is 36.3 Å². The number of fused-ring (bicyclic) bond motifs is 1. The van der Waals surface area contributed by atoms with E-state index in [1.54, 1.807) is 18.0 Å². The van der Waals surface area contributed by atoms with Crippen molar-refractivity contribution >= 4 is 92.7 Å². The van der Waals surface area contributed by atoms with Crippen LogP contribution in [0.4, 0.5) is 11.4 Å². The maximum absolute atomic E-state index is 13.2. The Kier molecular flexibility index (Phi) is 13.6. The van der Waals surface area contributed by atoms with Crippen LogP contribution in [0.3, 0.4) is 0 Å². The van der Waals surface area contributed by atoms with Gasteiger partial charge in [0.05, 0.1) is 22.6 Å². The summed E-state index contributed by atoms with van der Waals surface area (Å²) in [6.45, 7) is 6.15. The number of anilines is 1. The number of hydrogen-bond donors (Lipinski definition) is 4. The highest BCUT2D eigenvalue weighted by Gasteiger charge is 2.34. The van der Waals surface area contributed by atoms with Crippen LogP contribution >= 0.6 is 34.9 Å². The third-order valence-electron chi connectivity index (χ3n) is 11.8. The van der Waals surface area contributed by atoms with Crippen molar-refractivity contribution in [3.05, 3.63) is 98.3 Å². The SMILES string of the molecule is CC1(C)CC(=Nc2cccc(-c3sc(C(=O)O)c(OCC(=O)O)c3Cl)c2)CCN1SCc1cccc(NC(=O)CN2CCC(c3ccc4c(c3)oc(=O)n4C3CCC(=O)NC3=O)CC2)c1. The van der Waals surface area contributed by atoms with Crippen LogP contribution in [-0.2, 0) is 24.9 Å². The Morgan fingerprint density at radius 2 is 1.78 bits per heavy atom. The number of halogens is 1. The van der Waals surface area contributed by atoms with Crippen LogP contribution in [0.25, 0.3) is 21.5 Å². The number of aliphatic carboxylic acids is 1. The van der Waals surface area contributed by atoms with Gasteiger partial charge in [-0.25, -0.2) is 18.7 Å². The minimum atomic E-state index is -1.26. The molecule has 16 nitrogen and oxygen atoms in total. The molecular formula is C46H47ClN6O10S2. The summed E-state index contributed by atoms with van der Waals surface area (Å²) in [7, 11) is 0. The summed E-state index contributed by atoms with van der Waals surface area (Å²) in [5.41, 5.74) is 5.94. The van der Waals surface area contributed by atoms with Crippen LogP contribution in [0.15, 0.2) is 80.9 Å². The second-order valence-corrected chi connectivity index (χ2v) is 19.4. The Morgan fingerprint density at radius 1 is 1.00 bits per heavy atom. The summed E-state index contributed by atoms with van der Waals surface area (Å²) < 4.78 is 14.5. The summed E-state index contributed by atoms with van der Waals surface area (Å²) in [4.78, 5) is 80.4. The number of carboxylic acids is 2. The van der Waals surface area contributed by atoms with Gasteiger partial charge in [-0.1, -0.05) is 53.9 Å². The number of rotatable bonds is 14. The van der Waals surface area contributed by atoms with E-state index in [0.717, 1.165) is 79.2 Å². The Morgan fingerprint density at radius 3 is 2.52 bits per heavy atom. The van der Waals surface area contributed by atoms with E-state index in [9.17, 15) is 33.9 Å². The first-order valence-corrected chi connectivity index (χ1v) is 23.3. The number of aromatic carboxylic acids is 1. The molecule has 4 N–H and O–H groups in total. The molecule has 2 aromatic heterocycles. The molecular weight excluding hydrogens is 896 g/mol. The molecule has 1 unspecified atom stereocenters.